The molecule has 1 saturated heterocycles. The summed E-state index contributed by atoms with van der Waals surface area (Å²) < 4.78 is 28.7. The van der Waals surface area contributed by atoms with E-state index in [4.69, 9.17) is 12.2 Å². The van der Waals surface area contributed by atoms with Gasteiger partial charge in [-0.15, -0.1) is 11.3 Å². The topological polar surface area (TPSA) is 107 Å². The molecule has 192 valence electrons. The summed E-state index contributed by atoms with van der Waals surface area (Å²) in [5, 5.41) is 15.2. The molecule has 1 fully saturated rings. The second kappa shape index (κ2) is 10.0. The Kier molecular flexibility index (Phi) is 6.45. The van der Waals surface area contributed by atoms with E-state index < -0.39 is 29.4 Å². The number of aliphatic carboxylic acids is 1. The number of carbonyl (C=O) groups is 2. The highest BCUT2D eigenvalue weighted by atomic mass is 32.1. The number of methoxy groups -OCH3 is 2. The van der Waals surface area contributed by atoms with Crippen LogP contribution in [0.15, 0.2) is 48.2 Å². The number of likely N-dealkylation sites (tertiary alicyclic amines) is 1. The first-order valence-corrected chi connectivity index (χ1v) is 12.4. The third-order valence-electron chi connectivity index (χ3n) is 6.64. The molecule has 0 aliphatic carbocycles. The number of benzene rings is 1. The molecule has 4 rings (SSSR count). The summed E-state index contributed by atoms with van der Waals surface area (Å²) in [5.41, 5.74) is -0.764. The van der Waals surface area contributed by atoms with Crippen LogP contribution in [-0.4, -0.2) is 63.0 Å². The SMILES string of the molecule is [2H]c1nc([C@H]2[C@@H](COC)C[C@@](Cn3cccn3)(C(=O)O)N2C(=O)c2ccc(C(C)(C)C)c(OC)c2)sc1[2H]. The van der Waals surface area contributed by atoms with Gasteiger partial charge in [-0.3, -0.25) is 9.48 Å². The number of carbonyl (C=O) groups excluding carboxylic acids is 1. The summed E-state index contributed by atoms with van der Waals surface area (Å²) in [6.07, 6.45) is 3.06. The fraction of sp³-hybridized carbons (Fsp3) is 0.462. The van der Waals surface area contributed by atoms with Gasteiger partial charge >= 0.3 is 5.97 Å². The minimum atomic E-state index is -1.69. The monoisotopic (exact) mass is 514 g/mol. The molecule has 2 aromatic heterocycles. The first-order valence-electron chi connectivity index (χ1n) is 12.6. The van der Waals surface area contributed by atoms with Crippen molar-refractivity contribution in [3.8, 4) is 5.75 Å². The largest absolute Gasteiger partial charge is 0.496 e. The minimum absolute atomic E-state index is 0.0559. The zero-order valence-corrected chi connectivity index (χ0v) is 21.8. The van der Waals surface area contributed by atoms with Crippen LogP contribution < -0.4 is 4.74 Å². The molecule has 0 unspecified atom stereocenters. The molecule has 3 aromatic rings. The average Bonchev–Trinajstić information content (AvgIpc) is 3.57. The van der Waals surface area contributed by atoms with Crippen LogP contribution in [0.1, 0.15) is 56.9 Å². The second-order valence-corrected chi connectivity index (χ2v) is 10.8. The molecule has 1 amide bonds. The van der Waals surface area contributed by atoms with E-state index in [9.17, 15) is 14.7 Å². The Morgan fingerprint density at radius 1 is 1.33 bits per heavy atom. The first-order chi connectivity index (χ1) is 17.9. The van der Waals surface area contributed by atoms with E-state index in [2.05, 4.69) is 10.1 Å². The van der Waals surface area contributed by atoms with Gasteiger partial charge in [-0.2, -0.15) is 5.10 Å². The second-order valence-electron chi connectivity index (χ2n) is 10.0. The number of hydrogen-bond donors (Lipinski definition) is 1. The fourth-order valence-electron chi connectivity index (χ4n) is 5.06. The van der Waals surface area contributed by atoms with Crippen LogP contribution >= 0.6 is 11.3 Å². The highest BCUT2D eigenvalue weighted by Crippen LogP contribution is 2.49. The predicted molar refractivity (Wildman–Crippen MR) is 135 cm³/mol. The zero-order valence-electron chi connectivity index (χ0n) is 23.0. The van der Waals surface area contributed by atoms with E-state index >= 15 is 0 Å². The Bertz CT molecular complexity index is 1300. The predicted octanol–water partition coefficient (Wildman–Crippen LogP) is 4.02. The fourth-order valence-corrected chi connectivity index (χ4v) is 5.77. The number of thiazole rings is 1. The minimum Gasteiger partial charge on any atom is -0.496 e. The Labute approximate surface area is 217 Å². The third-order valence-corrected chi connectivity index (χ3v) is 7.38. The smallest absolute Gasteiger partial charge is 0.331 e. The molecule has 1 aliphatic heterocycles. The Morgan fingerprint density at radius 3 is 2.67 bits per heavy atom. The van der Waals surface area contributed by atoms with Crippen molar-refractivity contribution in [3.63, 3.8) is 0 Å². The number of ether oxygens (including phenoxy) is 2. The van der Waals surface area contributed by atoms with Crippen LogP contribution in [0.4, 0.5) is 0 Å². The molecule has 3 heterocycles. The van der Waals surface area contributed by atoms with Gasteiger partial charge in [0.15, 0.2) is 5.54 Å². The third kappa shape index (κ3) is 4.62. The molecule has 0 saturated carbocycles. The number of carboxylic acids is 1. The number of hydrogen-bond acceptors (Lipinski definition) is 7. The average molecular weight is 515 g/mol. The van der Waals surface area contributed by atoms with Crippen LogP contribution in [0.25, 0.3) is 0 Å². The van der Waals surface area contributed by atoms with Gasteiger partial charge in [-0.1, -0.05) is 26.8 Å². The van der Waals surface area contributed by atoms with E-state index in [0.717, 1.165) is 16.9 Å². The van der Waals surface area contributed by atoms with E-state index in [1.165, 1.54) is 23.8 Å². The number of rotatable bonds is 8. The van der Waals surface area contributed by atoms with Crippen LogP contribution in [0.2, 0.25) is 0 Å². The molecule has 0 bridgehead atoms. The lowest BCUT2D eigenvalue weighted by Gasteiger charge is -2.37. The summed E-state index contributed by atoms with van der Waals surface area (Å²) in [5.74, 6) is -1.62. The van der Waals surface area contributed by atoms with Crippen molar-refractivity contribution in [1.82, 2.24) is 19.7 Å². The Hall–Kier alpha value is -3.24. The Morgan fingerprint density at radius 2 is 2.11 bits per heavy atom. The van der Waals surface area contributed by atoms with Crippen LogP contribution in [0, 0.1) is 5.92 Å². The van der Waals surface area contributed by atoms with Crippen LogP contribution in [0.5, 0.6) is 5.75 Å². The number of nitrogens with zero attached hydrogens (tertiary/aromatic N) is 4. The van der Waals surface area contributed by atoms with Crippen molar-refractivity contribution >= 4 is 23.2 Å². The van der Waals surface area contributed by atoms with E-state index in [-0.39, 0.29) is 42.1 Å². The lowest BCUT2D eigenvalue weighted by atomic mass is 9.85. The van der Waals surface area contributed by atoms with E-state index in [0.29, 0.717) is 10.8 Å². The molecular formula is C26H32N4O5S. The lowest BCUT2D eigenvalue weighted by molar-refractivity contribution is -0.150. The van der Waals surface area contributed by atoms with Gasteiger partial charge in [-0.25, -0.2) is 9.78 Å². The van der Waals surface area contributed by atoms with Crippen LogP contribution in [-0.2, 0) is 21.5 Å². The highest BCUT2D eigenvalue weighted by Gasteiger charge is 2.60. The summed E-state index contributed by atoms with van der Waals surface area (Å²) in [4.78, 5) is 33.1. The summed E-state index contributed by atoms with van der Waals surface area (Å²) in [7, 11) is 3.05. The first kappa shape index (κ1) is 23.2. The molecular weight excluding hydrogens is 480 g/mol. The molecule has 3 atom stereocenters. The van der Waals surface area contributed by atoms with Crippen molar-refractivity contribution in [2.75, 3.05) is 20.8 Å². The maximum absolute atomic E-state index is 14.4. The summed E-state index contributed by atoms with van der Waals surface area (Å²) >= 11 is 0.970. The summed E-state index contributed by atoms with van der Waals surface area (Å²) in [6.45, 7) is 6.18. The standard InChI is InChI=1S/C26H32N4O5S/c1-25(2,3)19-8-7-17(13-20(19)35-5)23(31)30-21(22-27-10-12-36-22)18(15-34-4)14-26(30,24(32)33)16-29-11-6-9-28-29/h6-13,18,21H,14-16H2,1-5H3,(H,32,33)/t18-,21-,26-/m1/s1/i10D,12D. The van der Waals surface area contributed by atoms with Gasteiger partial charge in [0.25, 0.3) is 5.91 Å². The van der Waals surface area contributed by atoms with Gasteiger partial charge in [0.05, 0.1) is 29.0 Å². The molecule has 36 heavy (non-hydrogen) atoms. The molecule has 0 radical (unpaired) electrons. The normalized spacial score (nSPS) is 22.9. The van der Waals surface area contributed by atoms with Gasteiger partial charge in [-0.05, 0) is 35.6 Å². The van der Waals surface area contributed by atoms with Crippen molar-refractivity contribution < 1.29 is 26.9 Å². The lowest BCUT2D eigenvalue weighted by Crippen LogP contribution is -2.56. The van der Waals surface area contributed by atoms with Gasteiger partial charge in [0, 0.05) is 42.5 Å². The Balaban J connectivity index is 1.92. The quantitative estimate of drug-likeness (QED) is 0.484. The van der Waals surface area contributed by atoms with Crippen molar-refractivity contribution in [2.24, 2.45) is 5.92 Å². The maximum atomic E-state index is 14.4. The van der Waals surface area contributed by atoms with Crippen molar-refractivity contribution in [2.45, 2.75) is 50.7 Å². The van der Waals surface area contributed by atoms with Gasteiger partial charge < -0.3 is 19.5 Å². The number of carboxylic acid groups (broad SMARTS) is 1. The molecule has 0 spiro atoms. The summed E-state index contributed by atoms with van der Waals surface area (Å²) in [6, 6.07) is 6.01. The van der Waals surface area contributed by atoms with Gasteiger partial charge in [0.2, 0.25) is 0 Å². The molecule has 10 heteroatoms. The van der Waals surface area contributed by atoms with Gasteiger partial charge in [0.1, 0.15) is 10.8 Å². The molecule has 9 nitrogen and oxygen atoms in total. The van der Waals surface area contributed by atoms with Crippen molar-refractivity contribution in [3.05, 3.63) is 64.3 Å². The molecule has 1 aromatic carbocycles. The molecule has 1 aliphatic rings. The zero-order chi connectivity index (χ0) is 27.8. The van der Waals surface area contributed by atoms with E-state index in [1.54, 1.807) is 30.6 Å². The number of amides is 1. The molecule has 1 N–H and O–H groups in total. The van der Waals surface area contributed by atoms with Crippen LogP contribution in [0.3, 0.4) is 0 Å². The van der Waals surface area contributed by atoms with Crippen molar-refractivity contribution in [1.29, 1.82) is 0 Å². The highest BCUT2D eigenvalue weighted by molar-refractivity contribution is 7.09. The van der Waals surface area contributed by atoms with E-state index in [1.807, 2.05) is 26.8 Å². The maximum Gasteiger partial charge on any atom is 0.331 e. The number of aromatic nitrogens is 3.